The highest BCUT2D eigenvalue weighted by Crippen LogP contribution is 2.34. The van der Waals surface area contributed by atoms with E-state index in [4.69, 9.17) is 32.6 Å². The van der Waals surface area contributed by atoms with Gasteiger partial charge in [-0.1, -0.05) is 53.5 Å². The van der Waals surface area contributed by atoms with Gasteiger partial charge in [0, 0.05) is 44.6 Å². The number of nitrogens with one attached hydrogen (secondary N) is 1. The molecule has 0 spiro atoms. The van der Waals surface area contributed by atoms with Crippen LogP contribution in [0.1, 0.15) is 63.3 Å². The molecule has 9 heteroatoms. The molecule has 1 N–H and O–H groups in total. The number of carbonyl (C=O) groups is 1. The van der Waals surface area contributed by atoms with Crippen LogP contribution in [-0.2, 0) is 25.9 Å². The summed E-state index contributed by atoms with van der Waals surface area (Å²) in [5.74, 6) is 1.25. The van der Waals surface area contributed by atoms with Gasteiger partial charge in [-0.05, 0) is 48.9 Å². The van der Waals surface area contributed by atoms with Gasteiger partial charge in [-0.25, -0.2) is 4.98 Å². The van der Waals surface area contributed by atoms with Crippen LogP contribution in [0.4, 0.5) is 0 Å². The zero-order valence-electron chi connectivity index (χ0n) is 21.2. The third-order valence-corrected chi connectivity index (χ3v) is 7.40. The molecule has 1 amide bonds. The summed E-state index contributed by atoms with van der Waals surface area (Å²) in [6, 6.07) is 12.7. The van der Waals surface area contributed by atoms with Crippen molar-refractivity contribution in [3.05, 3.63) is 111 Å². The van der Waals surface area contributed by atoms with Crippen molar-refractivity contribution in [2.45, 2.75) is 51.7 Å². The molecule has 0 saturated heterocycles. The number of oxazole rings is 1. The van der Waals surface area contributed by atoms with Crippen molar-refractivity contribution >= 4 is 29.1 Å². The summed E-state index contributed by atoms with van der Waals surface area (Å²) < 4.78 is 5.74. The molecule has 3 aromatic heterocycles. The summed E-state index contributed by atoms with van der Waals surface area (Å²) in [6.07, 6.45) is 10.5. The number of halogens is 2. The lowest BCUT2D eigenvalue weighted by Crippen LogP contribution is -2.33. The van der Waals surface area contributed by atoms with E-state index in [1.54, 1.807) is 6.20 Å². The predicted octanol–water partition coefficient (Wildman–Crippen LogP) is 6.13. The molecule has 5 rings (SSSR count). The highest BCUT2D eigenvalue weighted by molar-refractivity contribution is 6.39. The quantitative estimate of drug-likeness (QED) is 0.270. The van der Waals surface area contributed by atoms with Crippen LogP contribution < -0.4 is 5.32 Å². The Morgan fingerprint density at radius 3 is 2.58 bits per heavy atom. The maximum Gasteiger partial charge on any atom is 0.254 e. The Morgan fingerprint density at radius 2 is 1.84 bits per heavy atom. The largest absolute Gasteiger partial charge is 0.446 e. The molecule has 38 heavy (non-hydrogen) atoms. The van der Waals surface area contributed by atoms with Crippen LogP contribution in [0.3, 0.4) is 0 Å². The highest BCUT2D eigenvalue weighted by Gasteiger charge is 2.27. The smallest absolute Gasteiger partial charge is 0.254 e. The molecule has 0 radical (unpaired) electrons. The average molecular weight is 550 g/mol. The van der Waals surface area contributed by atoms with Crippen LogP contribution >= 0.6 is 23.2 Å². The van der Waals surface area contributed by atoms with Gasteiger partial charge >= 0.3 is 0 Å². The van der Waals surface area contributed by atoms with Gasteiger partial charge in [0.25, 0.3) is 5.91 Å². The standard InChI is InChI=1S/C29H29Cl2N5O2/c1-19-14-34-26(38-19)11-13-36(25-6-2-4-22-5-3-12-33-28(22)25)18-21-9-7-20(8-10-21)15-35-29(37)27-23(30)16-32-17-24(27)31/h3,5,7-10,12,14,16-17,25H,2,4,6,11,13,15,18H2,1H3,(H,35,37). The molecular formula is C29H29Cl2N5O2. The fraction of sp³-hybridized carbons (Fsp3) is 0.310. The topological polar surface area (TPSA) is 84.2 Å². The Hall–Kier alpha value is -3.26. The number of aromatic nitrogens is 3. The maximum atomic E-state index is 12.6. The summed E-state index contributed by atoms with van der Waals surface area (Å²) in [6.45, 7) is 3.86. The van der Waals surface area contributed by atoms with E-state index in [1.165, 1.54) is 29.2 Å². The number of carbonyl (C=O) groups excluding carboxylic acids is 1. The Bertz CT molecular complexity index is 1390. The first-order valence-corrected chi connectivity index (χ1v) is 13.5. The minimum atomic E-state index is -0.331. The molecule has 0 saturated carbocycles. The molecule has 1 aromatic carbocycles. The Balaban J connectivity index is 1.28. The van der Waals surface area contributed by atoms with Crippen molar-refractivity contribution in [2.75, 3.05) is 6.54 Å². The third-order valence-electron chi connectivity index (χ3n) is 6.83. The number of pyridine rings is 2. The molecule has 0 fully saturated rings. The minimum Gasteiger partial charge on any atom is -0.446 e. The molecule has 1 atom stereocenters. The highest BCUT2D eigenvalue weighted by atomic mass is 35.5. The van der Waals surface area contributed by atoms with E-state index in [1.807, 2.05) is 31.3 Å². The van der Waals surface area contributed by atoms with E-state index in [0.717, 1.165) is 56.0 Å². The summed E-state index contributed by atoms with van der Waals surface area (Å²) in [4.78, 5) is 28.2. The second-order valence-corrected chi connectivity index (χ2v) is 10.3. The predicted molar refractivity (Wildman–Crippen MR) is 147 cm³/mol. The molecule has 0 bridgehead atoms. The van der Waals surface area contributed by atoms with Gasteiger partial charge in [0.05, 0.1) is 33.5 Å². The third kappa shape index (κ3) is 6.23. The van der Waals surface area contributed by atoms with Crippen LogP contribution in [0, 0.1) is 6.92 Å². The lowest BCUT2D eigenvalue weighted by atomic mass is 9.90. The van der Waals surface area contributed by atoms with Gasteiger partial charge in [0.2, 0.25) is 0 Å². The number of aryl methyl sites for hydroxylation is 2. The first-order valence-electron chi connectivity index (χ1n) is 12.7. The van der Waals surface area contributed by atoms with E-state index in [-0.39, 0.29) is 27.6 Å². The summed E-state index contributed by atoms with van der Waals surface area (Å²) >= 11 is 12.2. The Labute approximate surface area is 232 Å². The first-order chi connectivity index (χ1) is 18.5. The van der Waals surface area contributed by atoms with Crippen molar-refractivity contribution in [3.8, 4) is 0 Å². The number of benzene rings is 1. The number of rotatable bonds is 9. The summed E-state index contributed by atoms with van der Waals surface area (Å²) in [5.41, 5.74) is 4.91. The van der Waals surface area contributed by atoms with Crippen molar-refractivity contribution in [2.24, 2.45) is 0 Å². The van der Waals surface area contributed by atoms with Gasteiger partial charge in [0.1, 0.15) is 5.76 Å². The van der Waals surface area contributed by atoms with Gasteiger partial charge in [-0.2, -0.15) is 0 Å². The second kappa shape index (κ2) is 12.1. The normalized spacial score (nSPS) is 14.9. The molecule has 1 aliphatic rings. The van der Waals surface area contributed by atoms with Crippen molar-refractivity contribution in [1.82, 2.24) is 25.2 Å². The van der Waals surface area contributed by atoms with Crippen molar-refractivity contribution in [3.63, 3.8) is 0 Å². The molecule has 1 unspecified atom stereocenters. The number of fused-ring (bicyclic) bond motifs is 1. The van der Waals surface area contributed by atoms with E-state index in [2.05, 4.69) is 38.4 Å². The Kier molecular flexibility index (Phi) is 8.37. The van der Waals surface area contributed by atoms with Crippen LogP contribution in [0.15, 0.2) is 65.6 Å². The van der Waals surface area contributed by atoms with E-state index in [0.29, 0.717) is 6.54 Å². The van der Waals surface area contributed by atoms with Crippen molar-refractivity contribution < 1.29 is 9.21 Å². The molecule has 0 aliphatic heterocycles. The minimum absolute atomic E-state index is 0.226. The molecular weight excluding hydrogens is 521 g/mol. The number of nitrogens with zero attached hydrogens (tertiary/aromatic N) is 4. The van der Waals surface area contributed by atoms with E-state index < -0.39 is 0 Å². The molecule has 196 valence electrons. The molecule has 3 heterocycles. The fourth-order valence-electron chi connectivity index (χ4n) is 4.94. The SMILES string of the molecule is Cc1cnc(CCN(Cc2ccc(CNC(=O)c3c(Cl)cncc3Cl)cc2)C2CCCc3cccnc32)o1. The number of hydrogen-bond donors (Lipinski definition) is 1. The zero-order valence-corrected chi connectivity index (χ0v) is 22.7. The molecule has 7 nitrogen and oxygen atoms in total. The average Bonchev–Trinajstić information content (AvgIpc) is 3.35. The fourth-order valence-corrected chi connectivity index (χ4v) is 5.47. The van der Waals surface area contributed by atoms with E-state index >= 15 is 0 Å². The van der Waals surface area contributed by atoms with Crippen LogP contribution in [0.5, 0.6) is 0 Å². The lowest BCUT2D eigenvalue weighted by molar-refractivity contribution is 0.0951. The number of amides is 1. The zero-order chi connectivity index (χ0) is 26.5. The van der Waals surface area contributed by atoms with Crippen LogP contribution in [0.2, 0.25) is 10.0 Å². The number of hydrogen-bond acceptors (Lipinski definition) is 6. The molecule has 4 aromatic rings. The second-order valence-electron chi connectivity index (χ2n) is 9.52. The van der Waals surface area contributed by atoms with Gasteiger partial charge in [0.15, 0.2) is 5.89 Å². The van der Waals surface area contributed by atoms with Crippen LogP contribution in [0.25, 0.3) is 0 Å². The van der Waals surface area contributed by atoms with Gasteiger partial charge < -0.3 is 9.73 Å². The maximum absolute atomic E-state index is 12.6. The van der Waals surface area contributed by atoms with Crippen molar-refractivity contribution in [1.29, 1.82) is 0 Å². The summed E-state index contributed by atoms with van der Waals surface area (Å²) in [7, 11) is 0. The van der Waals surface area contributed by atoms with Crippen LogP contribution in [-0.4, -0.2) is 32.3 Å². The summed E-state index contributed by atoms with van der Waals surface area (Å²) in [5, 5.41) is 3.34. The molecule has 1 aliphatic carbocycles. The van der Waals surface area contributed by atoms with E-state index in [9.17, 15) is 4.79 Å². The Morgan fingerprint density at radius 1 is 1.08 bits per heavy atom. The monoisotopic (exact) mass is 549 g/mol. The van der Waals surface area contributed by atoms with Gasteiger partial charge in [-0.15, -0.1) is 0 Å². The van der Waals surface area contributed by atoms with Gasteiger partial charge in [-0.3, -0.25) is 19.7 Å². The lowest BCUT2D eigenvalue weighted by Gasteiger charge is -2.35. The first kappa shape index (κ1) is 26.4.